The Morgan fingerprint density at radius 1 is 1.11 bits per heavy atom. The Kier molecular flexibility index (Phi) is 7.41. The molecule has 144 valence electrons. The van der Waals surface area contributed by atoms with E-state index in [1.165, 1.54) is 24.0 Å². The first-order valence-corrected chi connectivity index (χ1v) is 9.89. The van der Waals surface area contributed by atoms with Crippen LogP contribution in [0.2, 0.25) is 0 Å². The van der Waals surface area contributed by atoms with E-state index in [0.29, 0.717) is 5.92 Å². The Bertz CT molecular complexity index is 778. The third-order valence-electron chi connectivity index (χ3n) is 5.47. The van der Waals surface area contributed by atoms with E-state index in [2.05, 4.69) is 83.0 Å². The summed E-state index contributed by atoms with van der Waals surface area (Å²) in [6.07, 6.45) is 4.58. The molecule has 0 aliphatic carbocycles. The molecule has 1 heterocycles. The van der Waals surface area contributed by atoms with Gasteiger partial charge in [-0.2, -0.15) is 0 Å². The number of rotatable bonds is 5. The lowest BCUT2D eigenvalue weighted by Gasteiger charge is -2.34. The largest absolute Gasteiger partial charge is 0.360 e. The van der Waals surface area contributed by atoms with Gasteiger partial charge in [-0.3, -0.25) is 0 Å². The van der Waals surface area contributed by atoms with Crippen LogP contribution < -0.4 is 0 Å². The summed E-state index contributed by atoms with van der Waals surface area (Å²) in [6, 6.07) is 10.5. The molecule has 1 atom stereocenters. The molecule has 0 bridgehead atoms. The van der Waals surface area contributed by atoms with Gasteiger partial charge in [-0.05, 0) is 64.5 Å². The minimum Gasteiger partial charge on any atom is -0.360 e. The van der Waals surface area contributed by atoms with Crippen LogP contribution in [0.5, 0.6) is 0 Å². The highest BCUT2D eigenvalue weighted by Gasteiger charge is 2.22. The molecular formula is C25H34N2. The molecule has 2 nitrogen and oxygen atoms in total. The number of piperidine rings is 1. The van der Waals surface area contributed by atoms with E-state index in [9.17, 15) is 0 Å². The maximum Gasteiger partial charge on any atom is 0.102 e. The van der Waals surface area contributed by atoms with Gasteiger partial charge in [0.2, 0.25) is 0 Å². The van der Waals surface area contributed by atoms with Gasteiger partial charge in [-0.25, -0.2) is 4.99 Å². The van der Waals surface area contributed by atoms with Crippen molar-refractivity contribution in [1.29, 1.82) is 0 Å². The normalized spacial score (nSPS) is 19.6. The van der Waals surface area contributed by atoms with Gasteiger partial charge in [-0.1, -0.05) is 60.7 Å². The molecule has 27 heavy (non-hydrogen) atoms. The van der Waals surface area contributed by atoms with Crippen LogP contribution in [0.1, 0.15) is 53.0 Å². The van der Waals surface area contributed by atoms with E-state index in [1.807, 2.05) is 6.07 Å². The number of nitrogens with zero attached hydrogens (tertiary/aromatic N) is 2. The number of hydrogen-bond acceptors (Lipinski definition) is 1. The molecule has 0 radical (unpaired) electrons. The molecule has 1 aliphatic heterocycles. The monoisotopic (exact) mass is 362 g/mol. The van der Waals surface area contributed by atoms with Crippen molar-refractivity contribution in [3.63, 3.8) is 0 Å². The lowest BCUT2D eigenvalue weighted by molar-refractivity contribution is 0.283. The first-order valence-electron chi connectivity index (χ1n) is 9.89. The summed E-state index contributed by atoms with van der Waals surface area (Å²) in [6.45, 7) is 20.9. The Balaban J connectivity index is 2.43. The highest BCUT2D eigenvalue weighted by Crippen LogP contribution is 2.30. The van der Waals surface area contributed by atoms with Gasteiger partial charge in [0.05, 0.1) is 5.70 Å². The number of benzene rings is 1. The number of amidine groups is 1. The van der Waals surface area contributed by atoms with Crippen LogP contribution in [0.25, 0.3) is 5.57 Å². The molecule has 1 aliphatic rings. The fourth-order valence-corrected chi connectivity index (χ4v) is 3.51. The summed E-state index contributed by atoms with van der Waals surface area (Å²) >= 11 is 0. The Morgan fingerprint density at radius 3 is 2.33 bits per heavy atom. The maximum absolute atomic E-state index is 5.13. The predicted molar refractivity (Wildman–Crippen MR) is 120 cm³/mol. The van der Waals surface area contributed by atoms with Crippen molar-refractivity contribution >= 4 is 11.4 Å². The molecular weight excluding hydrogens is 328 g/mol. The van der Waals surface area contributed by atoms with Crippen LogP contribution in [-0.2, 0) is 0 Å². The van der Waals surface area contributed by atoms with Crippen molar-refractivity contribution in [3.05, 3.63) is 77.5 Å². The van der Waals surface area contributed by atoms with E-state index >= 15 is 0 Å². The molecule has 1 unspecified atom stereocenters. The van der Waals surface area contributed by atoms with Gasteiger partial charge in [-0.15, -0.1) is 0 Å². The topological polar surface area (TPSA) is 15.6 Å². The van der Waals surface area contributed by atoms with E-state index in [4.69, 9.17) is 4.99 Å². The fourth-order valence-electron chi connectivity index (χ4n) is 3.51. The molecule has 1 aromatic rings. The summed E-state index contributed by atoms with van der Waals surface area (Å²) in [5, 5.41) is 0. The number of allylic oxidation sites excluding steroid dienone is 4. The van der Waals surface area contributed by atoms with Crippen LogP contribution in [0, 0.1) is 5.92 Å². The SMILES string of the molecule is C=C(C)/C(C)=C(N=C(C)N1CCCC(C(=C)C)C1)/C(=C\C)c1ccccc1. The Morgan fingerprint density at radius 2 is 1.78 bits per heavy atom. The van der Waals surface area contributed by atoms with Gasteiger partial charge in [0, 0.05) is 18.7 Å². The highest BCUT2D eigenvalue weighted by atomic mass is 15.2. The van der Waals surface area contributed by atoms with Crippen molar-refractivity contribution in [1.82, 2.24) is 4.90 Å². The number of hydrogen-bond donors (Lipinski definition) is 0. The zero-order valence-corrected chi connectivity index (χ0v) is 17.7. The fraction of sp³-hybridized carbons (Fsp3) is 0.400. The van der Waals surface area contributed by atoms with Crippen LogP contribution >= 0.6 is 0 Å². The van der Waals surface area contributed by atoms with E-state index in [0.717, 1.165) is 41.3 Å². The smallest absolute Gasteiger partial charge is 0.102 e. The quantitative estimate of drug-likeness (QED) is 0.248. The molecule has 2 rings (SSSR count). The average Bonchev–Trinajstić information content (AvgIpc) is 2.67. The van der Waals surface area contributed by atoms with E-state index in [1.54, 1.807) is 0 Å². The molecule has 0 amide bonds. The molecule has 0 aromatic heterocycles. The van der Waals surface area contributed by atoms with Gasteiger partial charge in [0.1, 0.15) is 5.84 Å². The lowest BCUT2D eigenvalue weighted by Crippen LogP contribution is -2.39. The second-order valence-corrected chi connectivity index (χ2v) is 7.61. The van der Waals surface area contributed by atoms with Crippen LogP contribution in [0.4, 0.5) is 0 Å². The first kappa shape index (κ1) is 21.0. The molecule has 0 spiro atoms. The van der Waals surface area contributed by atoms with Gasteiger partial charge in [0.15, 0.2) is 0 Å². The van der Waals surface area contributed by atoms with E-state index in [-0.39, 0.29) is 0 Å². The standard InChI is InChI=1S/C25H34N2/c1-8-24(22-13-10-9-11-14-22)25(20(6)18(2)3)26-21(7)27-16-12-15-23(17-27)19(4)5/h8-11,13-14,23H,2,4,12,15-17H2,1,3,5-7H3/b24-8-,25-20-,26-21?. The third kappa shape index (κ3) is 5.32. The maximum atomic E-state index is 5.13. The van der Waals surface area contributed by atoms with Crippen LogP contribution in [-0.4, -0.2) is 23.8 Å². The van der Waals surface area contributed by atoms with Crippen LogP contribution in [0.15, 0.2) is 77.0 Å². The average molecular weight is 363 g/mol. The Hall–Kier alpha value is -2.35. The number of aliphatic imine (C=N–C) groups is 1. The predicted octanol–water partition coefficient (Wildman–Crippen LogP) is 6.65. The molecule has 0 N–H and O–H groups in total. The molecule has 2 heteroatoms. The first-order chi connectivity index (χ1) is 12.8. The summed E-state index contributed by atoms with van der Waals surface area (Å²) in [5.41, 5.74) is 6.83. The summed E-state index contributed by atoms with van der Waals surface area (Å²) in [5.74, 6) is 1.64. The van der Waals surface area contributed by atoms with E-state index < -0.39 is 0 Å². The van der Waals surface area contributed by atoms with Crippen molar-refractivity contribution in [2.75, 3.05) is 13.1 Å². The van der Waals surface area contributed by atoms with Gasteiger partial charge < -0.3 is 4.90 Å². The zero-order chi connectivity index (χ0) is 20.0. The molecule has 1 fully saturated rings. The minimum atomic E-state index is 0.564. The molecule has 1 aromatic carbocycles. The zero-order valence-electron chi connectivity index (χ0n) is 17.7. The second kappa shape index (κ2) is 9.55. The van der Waals surface area contributed by atoms with Crippen LogP contribution in [0.3, 0.4) is 0 Å². The highest BCUT2D eigenvalue weighted by molar-refractivity contribution is 5.87. The second-order valence-electron chi connectivity index (χ2n) is 7.61. The van der Waals surface area contributed by atoms with Crippen molar-refractivity contribution in [2.45, 2.75) is 47.5 Å². The Labute approximate surface area is 165 Å². The van der Waals surface area contributed by atoms with Crippen molar-refractivity contribution < 1.29 is 0 Å². The summed E-state index contributed by atoms with van der Waals surface area (Å²) in [7, 11) is 0. The van der Waals surface area contributed by atoms with Gasteiger partial charge in [0.25, 0.3) is 0 Å². The minimum absolute atomic E-state index is 0.564. The number of likely N-dealkylation sites (tertiary alicyclic amines) is 1. The summed E-state index contributed by atoms with van der Waals surface area (Å²) < 4.78 is 0. The van der Waals surface area contributed by atoms with Crippen molar-refractivity contribution in [2.24, 2.45) is 10.9 Å². The summed E-state index contributed by atoms with van der Waals surface area (Å²) in [4.78, 5) is 7.54. The molecule has 0 saturated carbocycles. The van der Waals surface area contributed by atoms with Gasteiger partial charge >= 0.3 is 0 Å². The lowest BCUT2D eigenvalue weighted by atomic mass is 9.92. The third-order valence-corrected chi connectivity index (χ3v) is 5.47. The van der Waals surface area contributed by atoms with Crippen molar-refractivity contribution in [3.8, 4) is 0 Å². The molecule has 1 saturated heterocycles.